The molecule has 0 atom stereocenters. The van der Waals surface area contributed by atoms with Gasteiger partial charge in [0.1, 0.15) is 6.54 Å². The van der Waals surface area contributed by atoms with Crippen molar-refractivity contribution in [2.45, 2.75) is 18.1 Å². The quantitative estimate of drug-likeness (QED) is 0.726. The molecular weight excluding hydrogens is 256 g/mol. The van der Waals surface area contributed by atoms with Crippen LogP contribution in [0.1, 0.15) is 5.56 Å². The molecule has 0 aliphatic carbocycles. The van der Waals surface area contributed by atoms with Gasteiger partial charge in [0.05, 0.1) is 6.20 Å². The maximum atomic E-state index is 10.6. The van der Waals surface area contributed by atoms with Crippen LogP contribution in [0.15, 0.2) is 17.6 Å². The summed E-state index contributed by atoms with van der Waals surface area (Å²) >= 11 is 1.43. The Morgan fingerprint density at radius 2 is 2.39 bits per heavy atom. The van der Waals surface area contributed by atoms with Gasteiger partial charge in [-0.1, -0.05) is 11.8 Å². The second-order valence-corrected chi connectivity index (χ2v) is 4.70. The lowest BCUT2D eigenvalue weighted by atomic mass is 10.3. The monoisotopic (exact) mass is 268 g/mol. The van der Waals surface area contributed by atoms with Crippen LogP contribution in [0.25, 0.3) is 0 Å². The smallest absolute Gasteiger partial charge is 0.325 e. The molecule has 0 radical (unpaired) electrons. The lowest BCUT2D eigenvalue weighted by Crippen LogP contribution is -2.11. The highest BCUT2D eigenvalue weighted by Crippen LogP contribution is 2.15. The van der Waals surface area contributed by atoms with Crippen molar-refractivity contribution < 1.29 is 9.90 Å². The van der Waals surface area contributed by atoms with Gasteiger partial charge in [0.25, 0.3) is 0 Å². The van der Waals surface area contributed by atoms with Crippen LogP contribution in [-0.2, 0) is 24.8 Å². The van der Waals surface area contributed by atoms with Gasteiger partial charge in [-0.15, -0.1) is 5.10 Å². The first-order valence-electron chi connectivity index (χ1n) is 5.23. The Hall–Kier alpha value is -1.90. The molecule has 0 aliphatic rings. The number of thioether (sulfide) groups is 1. The lowest BCUT2D eigenvalue weighted by Gasteiger charge is -2.00. The first kappa shape index (κ1) is 12.6. The van der Waals surface area contributed by atoms with E-state index < -0.39 is 5.97 Å². The SMILES string of the molecule is Cn1cc(CCSc2nnnn2CC(=O)O)cn1. The molecule has 0 amide bonds. The van der Waals surface area contributed by atoms with Crippen LogP contribution in [0, 0.1) is 0 Å². The molecule has 0 aromatic carbocycles. The van der Waals surface area contributed by atoms with Gasteiger partial charge in [0, 0.05) is 19.0 Å². The number of aromatic nitrogens is 6. The molecule has 9 heteroatoms. The molecule has 0 unspecified atom stereocenters. The van der Waals surface area contributed by atoms with Crippen LogP contribution in [0.3, 0.4) is 0 Å². The zero-order chi connectivity index (χ0) is 13.0. The maximum Gasteiger partial charge on any atom is 0.325 e. The standard InChI is InChI=1S/C9H12N6O2S/c1-14-5-7(4-10-14)2-3-18-9-11-12-13-15(9)6-8(16)17/h4-5H,2-3,6H2,1H3,(H,16,17). The minimum Gasteiger partial charge on any atom is -0.480 e. The zero-order valence-corrected chi connectivity index (χ0v) is 10.5. The summed E-state index contributed by atoms with van der Waals surface area (Å²) in [6.07, 6.45) is 4.58. The first-order chi connectivity index (χ1) is 8.65. The van der Waals surface area contributed by atoms with Gasteiger partial charge in [-0.3, -0.25) is 9.48 Å². The second kappa shape index (κ2) is 5.63. The van der Waals surface area contributed by atoms with Crippen molar-refractivity contribution in [1.29, 1.82) is 0 Å². The molecule has 2 aromatic rings. The van der Waals surface area contributed by atoms with Crippen molar-refractivity contribution in [1.82, 2.24) is 30.0 Å². The fourth-order valence-corrected chi connectivity index (χ4v) is 2.25. The van der Waals surface area contributed by atoms with Crippen molar-refractivity contribution >= 4 is 17.7 Å². The molecular formula is C9H12N6O2S. The minimum atomic E-state index is -0.962. The number of aryl methyl sites for hydroxylation is 2. The first-order valence-corrected chi connectivity index (χ1v) is 6.22. The van der Waals surface area contributed by atoms with E-state index in [1.165, 1.54) is 16.4 Å². The van der Waals surface area contributed by atoms with Crippen LogP contribution >= 0.6 is 11.8 Å². The summed E-state index contributed by atoms with van der Waals surface area (Å²) < 4.78 is 3.02. The Morgan fingerprint density at radius 3 is 3.06 bits per heavy atom. The van der Waals surface area contributed by atoms with Crippen LogP contribution in [0.2, 0.25) is 0 Å². The molecule has 0 spiro atoms. The predicted molar refractivity (Wildman–Crippen MR) is 63.1 cm³/mol. The third-order valence-corrected chi connectivity index (χ3v) is 3.12. The van der Waals surface area contributed by atoms with Crippen molar-refractivity contribution in [3.63, 3.8) is 0 Å². The summed E-state index contributed by atoms with van der Waals surface area (Å²) in [5, 5.41) is 24.1. The average molecular weight is 268 g/mol. The van der Waals surface area contributed by atoms with Crippen LogP contribution < -0.4 is 0 Å². The highest BCUT2D eigenvalue weighted by molar-refractivity contribution is 7.99. The summed E-state index contributed by atoms with van der Waals surface area (Å²) in [5.74, 6) is -0.192. The third kappa shape index (κ3) is 3.29. The Labute approximate surface area is 107 Å². The zero-order valence-electron chi connectivity index (χ0n) is 9.72. The van der Waals surface area contributed by atoms with Crippen molar-refractivity contribution in [3.05, 3.63) is 18.0 Å². The van der Waals surface area contributed by atoms with E-state index in [0.29, 0.717) is 5.16 Å². The summed E-state index contributed by atoms with van der Waals surface area (Å²) in [5.41, 5.74) is 1.13. The molecule has 0 fully saturated rings. The van der Waals surface area contributed by atoms with E-state index in [1.807, 2.05) is 13.2 Å². The molecule has 96 valence electrons. The number of rotatable bonds is 6. The van der Waals surface area contributed by atoms with Gasteiger partial charge < -0.3 is 5.11 Å². The molecule has 18 heavy (non-hydrogen) atoms. The Morgan fingerprint density at radius 1 is 1.56 bits per heavy atom. The van der Waals surface area contributed by atoms with Gasteiger partial charge in [-0.25, -0.2) is 4.68 Å². The van der Waals surface area contributed by atoms with E-state index in [1.54, 1.807) is 10.9 Å². The van der Waals surface area contributed by atoms with E-state index in [9.17, 15) is 4.79 Å². The van der Waals surface area contributed by atoms with Crippen LogP contribution in [-0.4, -0.2) is 46.8 Å². The molecule has 0 saturated heterocycles. The number of carboxylic acids is 1. The van der Waals surface area contributed by atoms with E-state index in [0.717, 1.165) is 17.7 Å². The third-order valence-electron chi connectivity index (χ3n) is 2.16. The summed E-state index contributed by atoms with van der Waals surface area (Å²) in [7, 11) is 1.87. The van der Waals surface area contributed by atoms with E-state index in [2.05, 4.69) is 20.6 Å². The van der Waals surface area contributed by atoms with Gasteiger partial charge in [-0.05, 0) is 22.4 Å². The molecule has 0 bridgehead atoms. The molecule has 1 N–H and O–H groups in total. The fraction of sp³-hybridized carbons (Fsp3) is 0.444. The predicted octanol–water partition coefficient (Wildman–Crippen LogP) is -0.174. The number of carboxylic acid groups (broad SMARTS) is 1. The van der Waals surface area contributed by atoms with Gasteiger partial charge in [-0.2, -0.15) is 5.10 Å². The summed E-state index contributed by atoms with van der Waals surface area (Å²) in [6.45, 7) is -0.220. The van der Waals surface area contributed by atoms with Crippen LogP contribution in [0.5, 0.6) is 0 Å². The van der Waals surface area contributed by atoms with E-state index in [4.69, 9.17) is 5.11 Å². The van der Waals surface area contributed by atoms with Gasteiger partial charge in [0.15, 0.2) is 0 Å². The van der Waals surface area contributed by atoms with Crippen LogP contribution in [0.4, 0.5) is 0 Å². The van der Waals surface area contributed by atoms with Crippen molar-refractivity contribution in [2.75, 3.05) is 5.75 Å². The maximum absolute atomic E-state index is 10.6. The molecule has 0 aliphatic heterocycles. The number of hydrogen-bond donors (Lipinski definition) is 1. The fourth-order valence-electron chi connectivity index (χ4n) is 1.39. The van der Waals surface area contributed by atoms with Crippen molar-refractivity contribution in [2.24, 2.45) is 7.05 Å². The van der Waals surface area contributed by atoms with E-state index in [-0.39, 0.29) is 6.54 Å². The highest BCUT2D eigenvalue weighted by atomic mass is 32.2. The number of aliphatic carboxylic acids is 1. The number of carbonyl (C=O) groups is 1. The Balaban J connectivity index is 1.86. The minimum absolute atomic E-state index is 0.220. The topological polar surface area (TPSA) is 98.7 Å². The molecule has 0 saturated carbocycles. The number of tetrazole rings is 1. The van der Waals surface area contributed by atoms with Crippen molar-refractivity contribution in [3.8, 4) is 0 Å². The van der Waals surface area contributed by atoms with Gasteiger partial charge in [0.2, 0.25) is 5.16 Å². The molecule has 2 rings (SSSR count). The molecule has 8 nitrogen and oxygen atoms in total. The molecule has 2 aromatic heterocycles. The number of nitrogens with zero attached hydrogens (tertiary/aromatic N) is 6. The lowest BCUT2D eigenvalue weighted by molar-refractivity contribution is -0.138. The summed E-state index contributed by atoms with van der Waals surface area (Å²) in [4.78, 5) is 10.6. The largest absolute Gasteiger partial charge is 0.480 e. The Bertz CT molecular complexity index is 537. The summed E-state index contributed by atoms with van der Waals surface area (Å²) in [6, 6.07) is 0. The number of hydrogen-bond acceptors (Lipinski definition) is 6. The second-order valence-electron chi connectivity index (χ2n) is 3.63. The Kier molecular flexibility index (Phi) is 3.92. The van der Waals surface area contributed by atoms with Gasteiger partial charge >= 0.3 is 5.97 Å². The average Bonchev–Trinajstić information content (AvgIpc) is 2.88. The molecule has 2 heterocycles. The highest BCUT2D eigenvalue weighted by Gasteiger charge is 2.09. The normalized spacial score (nSPS) is 10.7. The van der Waals surface area contributed by atoms with E-state index >= 15 is 0 Å².